The van der Waals surface area contributed by atoms with E-state index in [0.717, 1.165) is 37.2 Å². The Kier molecular flexibility index (Phi) is 26.3. The first-order valence-corrected chi connectivity index (χ1v) is 21.2. The van der Waals surface area contributed by atoms with Crippen molar-refractivity contribution in [2.45, 2.75) is 243 Å². The molecule has 0 N–H and O–H groups in total. The Morgan fingerprint density at radius 3 is 1.26 bits per heavy atom. The van der Waals surface area contributed by atoms with Gasteiger partial charge in [-0.1, -0.05) is 173 Å². The van der Waals surface area contributed by atoms with E-state index in [0.29, 0.717) is 0 Å². The number of hydroxylamine groups is 2. The average Bonchev–Trinajstić information content (AvgIpc) is 3.61. The molecule has 0 aromatic heterocycles. The first kappa shape index (κ1) is 42.5. The van der Waals surface area contributed by atoms with E-state index in [4.69, 9.17) is 9.47 Å². The molecular formula is C43H80NO3-. The van der Waals surface area contributed by atoms with Crippen LogP contribution in [-0.4, -0.2) is 36.1 Å². The molecule has 2 aliphatic rings. The van der Waals surface area contributed by atoms with Gasteiger partial charge in [0.05, 0.1) is 12.2 Å². The monoisotopic (exact) mass is 659 g/mol. The normalized spacial score (nSPS) is 22.9. The predicted molar refractivity (Wildman–Crippen MR) is 205 cm³/mol. The van der Waals surface area contributed by atoms with Gasteiger partial charge in [0.2, 0.25) is 0 Å². The summed E-state index contributed by atoms with van der Waals surface area (Å²) in [6, 6.07) is 0.0559. The second-order valence-electron chi connectivity index (χ2n) is 15.3. The van der Waals surface area contributed by atoms with Crippen LogP contribution in [0.25, 0.3) is 0 Å². The van der Waals surface area contributed by atoms with Crippen molar-refractivity contribution in [2.24, 2.45) is 0 Å². The molecule has 4 atom stereocenters. The number of unbranched alkanes of at least 4 members (excludes halogenated alkanes) is 24. The van der Waals surface area contributed by atoms with E-state index in [-0.39, 0.29) is 18.2 Å². The molecule has 1 aliphatic heterocycles. The molecule has 276 valence electrons. The Labute approximate surface area is 293 Å². The highest BCUT2D eigenvalue weighted by Crippen LogP contribution is 2.44. The first-order valence-electron chi connectivity index (χ1n) is 21.2. The molecule has 4 heteroatoms. The fourth-order valence-electron chi connectivity index (χ4n) is 7.75. The highest BCUT2D eigenvalue weighted by Gasteiger charge is 2.51. The Balaban J connectivity index is 1.52. The van der Waals surface area contributed by atoms with Crippen LogP contribution < -0.4 is 0 Å². The van der Waals surface area contributed by atoms with Gasteiger partial charge >= 0.3 is 0 Å². The van der Waals surface area contributed by atoms with Gasteiger partial charge in [0.1, 0.15) is 0 Å². The maximum atomic E-state index is 11.9. The summed E-state index contributed by atoms with van der Waals surface area (Å²) in [5.41, 5.74) is 0. The van der Waals surface area contributed by atoms with Crippen LogP contribution in [0, 0.1) is 5.21 Å². The third-order valence-corrected chi connectivity index (χ3v) is 10.8. The van der Waals surface area contributed by atoms with Crippen molar-refractivity contribution in [3.8, 4) is 0 Å². The smallest absolute Gasteiger partial charge is 0.169 e. The van der Waals surface area contributed by atoms with E-state index in [2.05, 4.69) is 38.2 Å². The first-order chi connectivity index (χ1) is 23.1. The van der Waals surface area contributed by atoms with Gasteiger partial charge in [-0.15, -0.1) is 0 Å². The number of fused-ring (bicyclic) bond motifs is 1. The number of allylic oxidation sites excluding steroid dienone is 4. The average molecular weight is 659 g/mol. The van der Waals surface area contributed by atoms with Crippen molar-refractivity contribution in [3.05, 3.63) is 29.5 Å². The van der Waals surface area contributed by atoms with Crippen LogP contribution in [0.5, 0.6) is 0 Å². The van der Waals surface area contributed by atoms with Gasteiger partial charge in [-0.25, -0.2) is 0 Å². The highest BCUT2D eigenvalue weighted by molar-refractivity contribution is 4.97. The summed E-state index contributed by atoms with van der Waals surface area (Å²) < 4.78 is 13.4. The Morgan fingerprint density at radius 2 is 0.851 bits per heavy atom. The summed E-state index contributed by atoms with van der Waals surface area (Å²) in [5, 5.41) is 13.0. The number of nitrogens with zero attached hydrogens (tertiary/aromatic N) is 1. The van der Waals surface area contributed by atoms with Crippen molar-refractivity contribution >= 4 is 0 Å². The number of hydrogen-bond donors (Lipinski definition) is 0. The molecule has 3 unspecified atom stereocenters. The Morgan fingerprint density at radius 1 is 0.511 bits per heavy atom. The largest absolute Gasteiger partial charge is 0.785 e. The molecule has 0 amide bonds. The van der Waals surface area contributed by atoms with E-state index in [9.17, 15) is 5.21 Å². The van der Waals surface area contributed by atoms with Crippen molar-refractivity contribution in [3.63, 3.8) is 0 Å². The molecule has 1 heterocycles. The zero-order valence-electron chi connectivity index (χ0n) is 31.8. The van der Waals surface area contributed by atoms with E-state index in [1.165, 1.54) is 173 Å². The van der Waals surface area contributed by atoms with Crippen LogP contribution in [0.15, 0.2) is 24.3 Å². The van der Waals surface area contributed by atoms with Crippen molar-refractivity contribution in [1.29, 1.82) is 0 Å². The van der Waals surface area contributed by atoms with Crippen LogP contribution in [0.4, 0.5) is 0 Å². The number of rotatable bonds is 33. The molecule has 2 rings (SSSR count). The topological polar surface area (TPSA) is 44.8 Å². The SMILES string of the molecule is CCCCC/C=C/C/C=C/CCCCCCCCC1(CCCCCCCCCCCCCCCCCC)OC2CC(N(C)[O-])C[C@@H]2O1. The standard InChI is InChI=1S/C43H80NO3/c1-4-6-8-10-12-14-16-18-20-22-24-26-28-30-32-34-36-43(46-41-38-40(44(3)45)39-42(41)47-43)37-35-33-31-29-27-25-23-21-19-17-15-13-11-9-7-5-2/h12,14,18,20,40-42H,4-11,13,15-17,19,21-39H2,1-3H3/q-1/b14-12+,20-18+/t40?,41-,42?,43?/m0/s1. The number of hydrogen-bond acceptors (Lipinski definition) is 4. The minimum absolute atomic E-state index is 0.0559. The summed E-state index contributed by atoms with van der Waals surface area (Å²) in [6.07, 6.45) is 50.9. The maximum absolute atomic E-state index is 11.9. The van der Waals surface area contributed by atoms with E-state index >= 15 is 0 Å². The molecule has 4 nitrogen and oxygen atoms in total. The van der Waals surface area contributed by atoms with Gasteiger partial charge in [-0.05, 0) is 64.8 Å². The molecular weight excluding hydrogens is 578 g/mol. The molecule has 0 spiro atoms. The van der Waals surface area contributed by atoms with Gasteiger partial charge < -0.3 is 19.7 Å². The lowest BCUT2D eigenvalue weighted by atomic mass is 9.98. The lowest BCUT2D eigenvalue weighted by molar-refractivity contribution is -0.192. The van der Waals surface area contributed by atoms with Crippen LogP contribution in [0.2, 0.25) is 0 Å². The molecule has 0 radical (unpaired) electrons. The van der Waals surface area contributed by atoms with Gasteiger partial charge in [-0.3, -0.25) is 0 Å². The summed E-state index contributed by atoms with van der Waals surface area (Å²) in [6.45, 7) is 4.56. The molecule has 0 aromatic rings. The van der Waals surface area contributed by atoms with Crippen molar-refractivity contribution in [2.75, 3.05) is 7.05 Å². The summed E-state index contributed by atoms with van der Waals surface area (Å²) in [7, 11) is 1.65. The Hall–Kier alpha value is -0.680. The molecule has 1 saturated heterocycles. The molecule has 0 bridgehead atoms. The minimum atomic E-state index is -0.396. The van der Waals surface area contributed by atoms with Crippen molar-refractivity contribution < 1.29 is 9.47 Å². The fourth-order valence-corrected chi connectivity index (χ4v) is 7.75. The maximum Gasteiger partial charge on any atom is 0.169 e. The lowest BCUT2D eigenvalue weighted by Crippen LogP contribution is -2.34. The third kappa shape index (κ3) is 21.2. The summed E-state index contributed by atoms with van der Waals surface area (Å²) >= 11 is 0. The fraction of sp³-hybridized carbons (Fsp3) is 0.907. The molecule has 1 saturated carbocycles. The summed E-state index contributed by atoms with van der Waals surface area (Å²) in [4.78, 5) is 0. The second-order valence-corrected chi connectivity index (χ2v) is 15.3. The van der Waals surface area contributed by atoms with Gasteiger partial charge in [-0.2, -0.15) is 0 Å². The summed E-state index contributed by atoms with van der Waals surface area (Å²) in [5.74, 6) is -0.396. The van der Waals surface area contributed by atoms with Gasteiger partial charge in [0.25, 0.3) is 0 Å². The quantitative estimate of drug-likeness (QED) is 0.0400. The van der Waals surface area contributed by atoms with Gasteiger partial charge in [0, 0.05) is 18.9 Å². The molecule has 2 fully saturated rings. The molecule has 1 aliphatic carbocycles. The third-order valence-electron chi connectivity index (χ3n) is 10.8. The van der Waals surface area contributed by atoms with E-state index < -0.39 is 5.79 Å². The molecule has 47 heavy (non-hydrogen) atoms. The Bertz CT molecular complexity index is 735. The van der Waals surface area contributed by atoms with E-state index in [1.807, 2.05) is 0 Å². The van der Waals surface area contributed by atoms with Gasteiger partial charge in [0.15, 0.2) is 5.79 Å². The van der Waals surface area contributed by atoms with E-state index in [1.54, 1.807) is 7.05 Å². The predicted octanol–water partition coefficient (Wildman–Crippen LogP) is 13.9. The van der Waals surface area contributed by atoms with Crippen molar-refractivity contribution in [1.82, 2.24) is 5.06 Å². The van der Waals surface area contributed by atoms with Crippen LogP contribution >= 0.6 is 0 Å². The molecule has 0 aromatic carbocycles. The van der Waals surface area contributed by atoms with Crippen LogP contribution in [-0.2, 0) is 9.47 Å². The lowest BCUT2D eigenvalue weighted by Gasteiger charge is -2.34. The van der Waals surface area contributed by atoms with Crippen LogP contribution in [0.1, 0.15) is 219 Å². The zero-order valence-corrected chi connectivity index (χ0v) is 31.8. The zero-order chi connectivity index (χ0) is 33.7. The van der Waals surface area contributed by atoms with Crippen LogP contribution in [0.3, 0.4) is 0 Å². The minimum Gasteiger partial charge on any atom is -0.785 e. The highest BCUT2D eigenvalue weighted by atomic mass is 16.8. The second kappa shape index (κ2) is 29.1. The number of ether oxygens (including phenoxy) is 2.